The second-order valence-electron chi connectivity index (χ2n) is 7.22. The van der Waals surface area contributed by atoms with Gasteiger partial charge in [-0.25, -0.2) is 4.99 Å². The van der Waals surface area contributed by atoms with Gasteiger partial charge in [0, 0.05) is 32.7 Å². The number of ether oxygens (including phenoxy) is 2. The summed E-state index contributed by atoms with van der Waals surface area (Å²) in [7, 11) is 3.85. The van der Waals surface area contributed by atoms with Crippen LogP contribution < -0.4 is 20.1 Å². The molecule has 0 aliphatic carbocycles. The Morgan fingerprint density at radius 3 is 2.68 bits per heavy atom. The number of likely N-dealkylation sites (N-methyl/N-ethyl adjacent to an activating group) is 1. The highest BCUT2D eigenvalue weighted by atomic mass is 16.5. The van der Waals surface area contributed by atoms with Crippen LogP contribution in [0.25, 0.3) is 0 Å². The van der Waals surface area contributed by atoms with Crippen molar-refractivity contribution in [3.05, 3.63) is 24.3 Å². The van der Waals surface area contributed by atoms with E-state index in [2.05, 4.69) is 39.4 Å². The molecule has 0 aromatic heterocycles. The Balaban J connectivity index is 1.78. The van der Waals surface area contributed by atoms with E-state index in [0.717, 1.165) is 50.2 Å². The molecule has 1 aliphatic rings. The van der Waals surface area contributed by atoms with Crippen molar-refractivity contribution in [1.29, 1.82) is 0 Å². The monoisotopic (exact) mass is 391 g/mol. The molecule has 1 aromatic carbocycles. The molecule has 7 nitrogen and oxygen atoms in total. The van der Waals surface area contributed by atoms with Crippen molar-refractivity contribution in [3.8, 4) is 11.5 Å². The summed E-state index contributed by atoms with van der Waals surface area (Å²) in [6, 6.07) is 7.70. The van der Waals surface area contributed by atoms with E-state index in [-0.39, 0.29) is 6.10 Å². The third-order valence-electron chi connectivity index (χ3n) is 4.78. The SMILES string of the molecule is CCNC(=NCC(C)Oc1ccccc1OC)NCCN1CCCN(C)CC1. The van der Waals surface area contributed by atoms with E-state index in [0.29, 0.717) is 6.54 Å². The minimum atomic E-state index is -0.0482. The molecule has 2 rings (SSSR count). The Labute approximate surface area is 170 Å². The highest BCUT2D eigenvalue weighted by molar-refractivity contribution is 5.79. The molecule has 1 aromatic rings. The van der Waals surface area contributed by atoms with Crippen LogP contribution >= 0.6 is 0 Å². The summed E-state index contributed by atoms with van der Waals surface area (Å²) >= 11 is 0. The number of benzene rings is 1. The van der Waals surface area contributed by atoms with Crippen LogP contribution in [0.2, 0.25) is 0 Å². The number of nitrogens with zero attached hydrogens (tertiary/aromatic N) is 3. The third kappa shape index (κ3) is 7.94. The molecular formula is C21H37N5O2. The topological polar surface area (TPSA) is 61.4 Å². The number of methoxy groups -OCH3 is 1. The molecule has 0 amide bonds. The Morgan fingerprint density at radius 1 is 1.14 bits per heavy atom. The molecule has 0 spiro atoms. The average molecular weight is 392 g/mol. The van der Waals surface area contributed by atoms with E-state index in [1.165, 1.54) is 19.5 Å². The van der Waals surface area contributed by atoms with Crippen LogP contribution in [0.15, 0.2) is 29.3 Å². The number of para-hydroxylation sites is 2. The van der Waals surface area contributed by atoms with Crippen molar-refractivity contribution in [2.75, 3.05) is 66.5 Å². The fourth-order valence-electron chi connectivity index (χ4n) is 3.19. The molecule has 0 radical (unpaired) electrons. The maximum absolute atomic E-state index is 5.99. The van der Waals surface area contributed by atoms with Gasteiger partial charge in [0.05, 0.1) is 13.7 Å². The van der Waals surface area contributed by atoms with Crippen LogP contribution in [-0.2, 0) is 0 Å². The highest BCUT2D eigenvalue weighted by Crippen LogP contribution is 2.26. The van der Waals surface area contributed by atoms with Crippen LogP contribution in [0.5, 0.6) is 11.5 Å². The first-order chi connectivity index (χ1) is 13.6. The number of nitrogens with one attached hydrogen (secondary N) is 2. The fourth-order valence-corrected chi connectivity index (χ4v) is 3.19. The second kappa shape index (κ2) is 12.5. The molecule has 7 heteroatoms. The summed E-state index contributed by atoms with van der Waals surface area (Å²) in [6.45, 7) is 12.1. The smallest absolute Gasteiger partial charge is 0.191 e. The third-order valence-corrected chi connectivity index (χ3v) is 4.78. The van der Waals surface area contributed by atoms with Crippen LogP contribution in [0.1, 0.15) is 20.3 Å². The van der Waals surface area contributed by atoms with Crippen LogP contribution in [0.4, 0.5) is 0 Å². The first-order valence-electron chi connectivity index (χ1n) is 10.3. The maximum Gasteiger partial charge on any atom is 0.191 e. The Kier molecular flexibility index (Phi) is 9.93. The van der Waals surface area contributed by atoms with Crippen molar-refractivity contribution < 1.29 is 9.47 Å². The van der Waals surface area contributed by atoms with Crippen LogP contribution in [0.3, 0.4) is 0 Å². The lowest BCUT2D eigenvalue weighted by Crippen LogP contribution is -2.42. The van der Waals surface area contributed by atoms with E-state index in [4.69, 9.17) is 9.47 Å². The molecule has 1 saturated heterocycles. The Bertz CT molecular complexity index is 596. The van der Waals surface area contributed by atoms with Crippen molar-refractivity contribution in [3.63, 3.8) is 0 Å². The molecule has 158 valence electrons. The molecule has 1 aliphatic heterocycles. The highest BCUT2D eigenvalue weighted by Gasteiger charge is 2.12. The predicted octanol–water partition coefficient (Wildman–Crippen LogP) is 1.66. The van der Waals surface area contributed by atoms with Crippen molar-refractivity contribution >= 4 is 5.96 Å². The lowest BCUT2D eigenvalue weighted by Gasteiger charge is -2.21. The van der Waals surface area contributed by atoms with Gasteiger partial charge in [0.25, 0.3) is 0 Å². The normalized spacial score (nSPS) is 17.6. The van der Waals surface area contributed by atoms with Gasteiger partial charge in [-0.3, -0.25) is 0 Å². The zero-order chi connectivity index (χ0) is 20.2. The van der Waals surface area contributed by atoms with Crippen molar-refractivity contribution in [2.24, 2.45) is 4.99 Å². The van der Waals surface area contributed by atoms with Gasteiger partial charge in [0.2, 0.25) is 0 Å². The Hall–Kier alpha value is -1.99. The van der Waals surface area contributed by atoms with Gasteiger partial charge in [-0.15, -0.1) is 0 Å². The number of hydrogen-bond donors (Lipinski definition) is 2. The molecule has 1 unspecified atom stereocenters. The van der Waals surface area contributed by atoms with Crippen molar-refractivity contribution in [1.82, 2.24) is 20.4 Å². The van der Waals surface area contributed by atoms with E-state index in [1.54, 1.807) is 7.11 Å². The largest absolute Gasteiger partial charge is 0.493 e. The molecule has 0 saturated carbocycles. The molecule has 28 heavy (non-hydrogen) atoms. The fraction of sp³-hybridized carbons (Fsp3) is 0.667. The second-order valence-corrected chi connectivity index (χ2v) is 7.22. The number of guanidine groups is 1. The van der Waals surface area contributed by atoms with Gasteiger partial charge in [0.15, 0.2) is 17.5 Å². The lowest BCUT2D eigenvalue weighted by molar-refractivity contribution is 0.219. The molecule has 0 bridgehead atoms. The van der Waals surface area contributed by atoms with Crippen LogP contribution in [0, 0.1) is 0 Å². The first kappa shape index (κ1) is 22.3. The lowest BCUT2D eigenvalue weighted by atomic mass is 10.3. The zero-order valence-electron chi connectivity index (χ0n) is 17.9. The van der Waals surface area contributed by atoms with Gasteiger partial charge < -0.3 is 29.9 Å². The molecule has 1 atom stereocenters. The van der Waals surface area contributed by atoms with Gasteiger partial charge in [0.1, 0.15) is 6.10 Å². The zero-order valence-corrected chi connectivity index (χ0v) is 17.9. The maximum atomic E-state index is 5.99. The molecule has 1 fully saturated rings. The Morgan fingerprint density at radius 2 is 1.93 bits per heavy atom. The number of rotatable bonds is 9. The van der Waals surface area contributed by atoms with E-state index < -0.39 is 0 Å². The summed E-state index contributed by atoms with van der Waals surface area (Å²) < 4.78 is 11.3. The molecule has 2 N–H and O–H groups in total. The summed E-state index contributed by atoms with van der Waals surface area (Å²) in [5, 5.41) is 6.76. The van der Waals surface area contributed by atoms with E-state index in [9.17, 15) is 0 Å². The molecular weight excluding hydrogens is 354 g/mol. The van der Waals surface area contributed by atoms with Gasteiger partial charge in [-0.05, 0) is 52.5 Å². The van der Waals surface area contributed by atoms with E-state index >= 15 is 0 Å². The van der Waals surface area contributed by atoms with Crippen molar-refractivity contribution in [2.45, 2.75) is 26.4 Å². The molecule has 1 heterocycles. The van der Waals surface area contributed by atoms with Gasteiger partial charge >= 0.3 is 0 Å². The van der Waals surface area contributed by atoms with Gasteiger partial charge in [-0.1, -0.05) is 12.1 Å². The minimum Gasteiger partial charge on any atom is -0.493 e. The summed E-state index contributed by atoms with van der Waals surface area (Å²) in [6.07, 6.45) is 1.19. The van der Waals surface area contributed by atoms with Gasteiger partial charge in [-0.2, -0.15) is 0 Å². The first-order valence-corrected chi connectivity index (χ1v) is 10.3. The predicted molar refractivity (Wildman–Crippen MR) is 116 cm³/mol. The minimum absolute atomic E-state index is 0.0482. The summed E-state index contributed by atoms with van der Waals surface area (Å²) in [5.41, 5.74) is 0. The summed E-state index contributed by atoms with van der Waals surface area (Å²) in [4.78, 5) is 9.61. The van der Waals surface area contributed by atoms with E-state index in [1.807, 2.05) is 31.2 Å². The average Bonchev–Trinajstić information content (AvgIpc) is 2.90. The quantitative estimate of drug-likeness (QED) is 0.493. The number of aliphatic imine (C=N–C) groups is 1. The standard InChI is InChI=1S/C21H37N5O2/c1-5-22-21(23-11-14-26-13-8-12-25(3)15-16-26)24-17-18(2)28-20-10-7-6-9-19(20)27-4/h6-7,9-10,18H,5,8,11-17H2,1-4H3,(H2,22,23,24). The number of hydrogen-bond acceptors (Lipinski definition) is 5. The summed E-state index contributed by atoms with van der Waals surface area (Å²) in [5.74, 6) is 2.33. The van der Waals surface area contributed by atoms with Crippen LogP contribution in [-0.4, -0.2) is 88.4 Å².